The van der Waals surface area contributed by atoms with E-state index in [0.29, 0.717) is 0 Å². The molecule has 0 aromatic carbocycles. The molecule has 0 aromatic heterocycles. The Morgan fingerprint density at radius 2 is 1.56 bits per heavy atom. The van der Waals surface area contributed by atoms with Crippen molar-refractivity contribution in [3.05, 3.63) is 12.1 Å². The van der Waals surface area contributed by atoms with Gasteiger partial charge in [0.25, 0.3) is 0 Å². The Hall–Kier alpha value is -0.275. The van der Waals surface area contributed by atoms with Crippen LogP contribution in [0, 0.1) is 0 Å². The molecule has 1 aliphatic heterocycles. The van der Waals surface area contributed by atoms with Gasteiger partial charge in [0.2, 0.25) is 0 Å². The van der Waals surface area contributed by atoms with Gasteiger partial charge in [-0.15, -0.1) is 0 Å². The highest BCUT2D eigenvalue weighted by molar-refractivity contribution is 6.51. The first-order chi connectivity index (χ1) is 7.39. The lowest BCUT2D eigenvalue weighted by Gasteiger charge is -2.32. The Balaban J connectivity index is 2.36. The standard InChI is InChI=1S/C13H25BO2/c1-6-7-8-9-10-11-14-15-12(2,3)13(4,5)16-14/h10-11H,6-9H2,1-5H3. The summed E-state index contributed by atoms with van der Waals surface area (Å²) in [5, 5.41) is 0. The van der Waals surface area contributed by atoms with Crippen LogP contribution in [0.1, 0.15) is 60.3 Å². The topological polar surface area (TPSA) is 18.5 Å². The van der Waals surface area contributed by atoms with E-state index in [4.69, 9.17) is 9.31 Å². The monoisotopic (exact) mass is 224 g/mol. The number of hydrogen-bond donors (Lipinski definition) is 0. The maximum absolute atomic E-state index is 5.86. The summed E-state index contributed by atoms with van der Waals surface area (Å²) in [6.45, 7) is 10.5. The molecule has 92 valence electrons. The van der Waals surface area contributed by atoms with Gasteiger partial charge in [0.1, 0.15) is 0 Å². The predicted molar refractivity (Wildman–Crippen MR) is 69.4 cm³/mol. The third kappa shape index (κ3) is 3.36. The van der Waals surface area contributed by atoms with Crippen LogP contribution in [0.15, 0.2) is 12.1 Å². The molecule has 1 heterocycles. The minimum atomic E-state index is -0.217. The first-order valence-electron chi connectivity index (χ1n) is 6.41. The normalized spacial score (nSPS) is 23.2. The van der Waals surface area contributed by atoms with Crippen molar-refractivity contribution in [2.24, 2.45) is 0 Å². The zero-order chi connectivity index (χ0) is 12.2. The van der Waals surface area contributed by atoms with Crippen LogP contribution in [0.4, 0.5) is 0 Å². The minimum Gasteiger partial charge on any atom is -0.400 e. The van der Waals surface area contributed by atoms with Gasteiger partial charge in [0.05, 0.1) is 11.2 Å². The Labute approximate surface area is 101 Å². The number of allylic oxidation sites excluding steroid dienone is 1. The smallest absolute Gasteiger partial charge is 0.400 e. The Morgan fingerprint density at radius 1 is 1.00 bits per heavy atom. The summed E-state index contributed by atoms with van der Waals surface area (Å²) in [6, 6.07) is 0. The maximum atomic E-state index is 5.86. The van der Waals surface area contributed by atoms with Gasteiger partial charge in [0, 0.05) is 0 Å². The van der Waals surface area contributed by atoms with Crippen molar-refractivity contribution >= 4 is 7.12 Å². The van der Waals surface area contributed by atoms with Gasteiger partial charge >= 0.3 is 7.12 Å². The zero-order valence-electron chi connectivity index (χ0n) is 11.4. The van der Waals surface area contributed by atoms with Crippen LogP contribution in [0.25, 0.3) is 0 Å². The molecule has 1 saturated heterocycles. The van der Waals surface area contributed by atoms with Crippen molar-refractivity contribution in [3.63, 3.8) is 0 Å². The summed E-state index contributed by atoms with van der Waals surface area (Å²) < 4.78 is 11.7. The molecular weight excluding hydrogens is 199 g/mol. The van der Waals surface area contributed by atoms with E-state index < -0.39 is 0 Å². The third-order valence-corrected chi connectivity index (χ3v) is 3.54. The first kappa shape index (κ1) is 13.8. The molecule has 0 N–H and O–H groups in total. The fourth-order valence-electron chi connectivity index (χ4n) is 1.69. The molecule has 0 aromatic rings. The fraction of sp³-hybridized carbons (Fsp3) is 0.846. The lowest BCUT2D eigenvalue weighted by molar-refractivity contribution is 0.00578. The van der Waals surface area contributed by atoms with Crippen LogP contribution < -0.4 is 0 Å². The molecule has 1 fully saturated rings. The van der Waals surface area contributed by atoms with Gasteiger partial charge in [-0.25, -0.2) is 0 Å². The molecule has 1 aliphatic rings. The van der Waals surface area contributed by atoms with Crippen LogP contribution in [0.5, 0.6) is 0 Å². The van der Waals surface area contributed by atoms with Crippen molar-refractivity contribution in [2.75, 3.05) is 0 Å². The molecule has 2 nitrogen and oxygen atoms in total. The molecule has 0 aliphatic carbocycles. The average Bonchev–Trinajstić information content (AvgIpc) is 2.35. The van der Waals surface area contributed by atoms with Crippen molar-refractivity contribution in [1.29, 1.82) is 0 Å². The molecule has 16 heavy (non-hydrogen) atoms. The zero-order valence-corrected chi connectivity index (χ0v) is 11.4. The summed E-state index contributed by atoms with van der Waals surface area (Å²) in [5.41, 5.74) is -0.434. The SMILES string of the molecule is CCCCCC=CB1OC(C)(C)C(C)(C)O1. The van der Waals surface area contributed by atoms with Gasteiger partial charge in [-0.2, -0.15) is 0 Å². The van der Waals surface area contributed by atoms with Crippen LogP contribution in [0.3, 0.4) is 0 Å². The van der Waals surface area contributed by atoms with E-state index in [-0.39, 0.29) is 18.3 Å². The van der Waals surface area contributed by atoms with Crippen molar-refractivity contribution in [3.8, 4) is 0 Å². The van der Waals surface area contributed by atoms with E-state index in [0.717, 1.165) is 6.42 Å². The van der Waals surface area contributed by atoms with Gasteiger partial charge in [-0.3, -0.25) is 0 Å². The number of hydrogen-bond acceptors (Lipinski definition) is 2. The van der Waals surface area contributed by atoms with Crippen molar-refractivity contribution < 1.29 is 9.31 Å². The Kier molecular flexibility index (Phi) is 4.63. The van der Waals surface area contributed by atoms with Crippen LogP contribution >= 0.6 is 0 Å². The van der Waals surface area contributed by atoms with E-state index in [2.05, 4.69) is 40.7 Å². The molecule has 0 atom stereocenters. The second-order valence-corrected chi connectivity index (χ2v) is 5.55. The maximum Gasteiger partial charge on any atom is 0.486 e. The second kappa shape index (κ2) is 5.37. The van der Waals surface area contributed by atoms with Crippen molar-refractivity contribution in [2.45, 2.75) is 71.5 Å². The summed E-state index contributed by atoms with van der Waals surface area (Å²) in [5.74, 6) is 2.05. The molecule has 0 radical (unpaired) electrons. The van der Waals surface area contributed by atoms with E-state index >= 15 is 0 Å². The van der Waals surface area contributed by atoms with E-state index in [1.54, 1.807) is 0 Å². The Bertz CT molecular complexity index is 230. The first-order valence-corrected chi connectivity index (χ1v) is 6.41. The van der Waals surface area contributed by atoms with E-state index in [1.165, 1.54) is 19.3 Å². The third-order valence-electron chi connectivity index (χ3n) is 3.54. The minimum absolute atomic E-state index is 0.174. The molecule has 0 unspecified atom stereocenters. The summed E-state index contributed by atoms with van der Waals surface area (Å²) in [4.78, 5) is 0. The van der Waals surface area contributed by atoms with Gasteiger partial charge in [-0.1, -0.05) is 31.8 Å². The molecule has 3 heteroatoms. The molecule has 0 bridgehead atoms. The summed E-state index contributed by atoms with van der Waals surface area (Å²) in [7, 11) is -0.174. The fourth-order valence-corrected chi connectivity index (χ4v) is 1.69. The molecule has 1 rings (SSSR count). The van der Waals surface area contributed by atoms with Crippen LogP contribution in [0.2, 0.25) is 0 Å². The summed E-state index contributed by atoms with van der Waals surface area (Å²) >= 11 is 0. The van der Waals surface area contributed by atoms with Crippen LogP contribution in [-0.2, 0) is 9.31 Å². The number of rotatable bonds is 5. The van der Waals surface area contributed by atoms with Gasteiger partial charge in [-0.05, 0) is 40.5 Å². The molecular formula is C13H25BO2. The largest absolute Gasteiger partial charge is 0.486 e. The molecule has 0 amide bonds. The lowest BCUT2D eigenvalue weighted by Crippen LogP contribution is -2.41. The van der Waals surface area contributed by atoms with Gasteiger partial charge < -0.3 is 9.31 Å². The highest BCUT2D eigenvalue weighted by Gasteiger charge is 2.49. The average molecular weight is 224 g/mol. The molecule has 0 saturated carbocycles. The number of unbranched alkanes of at least 4 members (excludes halogenated alkanes) is 3. The second-order valence-electron chi connectivity index (χ2n) is 5.55. The van der Waals surface area contributed by atoms with Crippen molar-refractivity contribution in [1.82, 2.24) is 0 Å². The van der Waals surface area contributed by atoms with Gasteiger partial charge in [0.15, 0.2) is 0 Å². The Morgan fingerprint density at radius 3 is 2.06 bits per heavy atom. The quantitative estimate of drug-likeness (QED) is 0.523. The molecule has 0 spiro atoms. The van der Waals surface area contributed by atoms with E-state index in [9.17, 15) is 0 Å². The highest BCUT2D eigenvalue weighted by Crippen LogP contribution is 2.36. The predicted octanol–water partition coefficient (Wildman–Crippen LogP) is 3.75. The van der Waals surface area contributed by atoms with E-state index in [1.807, 2.05) is 5.98 Å². The van der Waals surface area contributed by atoms with Crippen LogP contribution in [-0.4, -0.2) is 18.3 Å². The lowest BCUT2D eigenvalue weighted by atomic mass is 9.89. The summed E-state index contributed by atoms with van der Waals surface area (Å²) in [6.07, 6.45) is 7.13. The highest BCUT2D eigenvalue weighted by atomic mass is 16.7.